The van der Waals surface area contributed by atoms with Gasteiger partial charge in [-0.1, -0.05) is 13.0 Å². The number of hydrogen-bond donors (Lipinski definition) is 1. The molecule has 1 saturated heterocycles. The first-order valence-electron chi connectivity index (χ1n) is 10.00. The molecule has 1 unspecified atom stereocenters. The first-order valence-corrected chi connectivity index (χ1v) is 10.00. The summed E-state index contributed by atoms with van der Waals surface area (Å²) >= 11 is 0. The van der Waals surface area contributed by atoms with Crippen LogP contribution >= 0.6 is 0 Å². The highest BCUT2D eigenvalue weighted by atomic mass is 16.5. The molecule has 0 saturated carbocycles. The highest BCUT2D eigenvalue weighted by Crippen LogP contribution is 2.43. The third-order valence-electron chi connectivity index (χ3n) is 5.77. The van der Waals surface area contributed by atoms with Gasteiger partial charge < -0.3 is 19.6 Å². The van der Waals surface area contributed by atoms with E-state index in [9.17, 15) is 14.7 Å². The van der Waals surface area contributed by atoms with Gasteiger partial charge >= 0.3 is 6.09 Å². The molecule has 0 radical (unpaired) electrons. The third-order valence-corrected chi connectivity index (χ3v) is 5.77. The smallest absolute Gasteiger partial charge is 0.407 e. The van der Waals surface area contributed by atoms with Gasteiger partial charge in [-0.3, -0.25) is 4.79 Å². The quantitative estimate of drug-likeness (QED) is 0.864. The zero-order valence-corrected chi connectivity index (χ0v) is 16.5. The summed E-state index contributed by atoms with van der Waals surface area (Å²) in [5, 5.41) is 9.19. The second-order valence-corrected chi connectivity index (χ2v) is 7.65. The van der Waals surface area contributed by atoms with Crippen LogP contribution in [0.25, 0.3) is 0 Å². The highest BCUT2D eigenvalue weighted by molar-refractivity contribution is 5.94. The third kappa shape index (κ3) is 3.89. The fraction of sp³-hybridized carbons (Fsp3) is 0.619. The van der Waals surface area contributed by atoms with Gasteiger partial charge in [-0.25, -0.2) is 4.79 Å². The largest absolute Gasteiger partial charge is 0.493 e. The van der Waals surface area contributed by atoms with Gasteiger partial charge in [0.25, 0.3) is 0 Å². The molecule has 2 amide bonds. The van der Waals surface area contributed by atoms with Crippen LogP contribution in [0.4, 0.5) is 10.5 Å². The molecule has 1 aromatic rings. The lowest BCUT2D eigenvalue weighted by molar-refractivity contribution is -0.117. The van der Waals surface area contributed by atoms with Crippen LogP contribution in [-0.2, 0) is 11.2 Å². The van der Waals surface area contributed by atoms with Gasteiger partial charge in [-0.15, -0.1) is 0 Å². The van der Waals surface area contributed by atoms with Gasteiger partial charge in [0.05, 0.1) is 12.3 Å². The Hall–Kier alpha value is -2.24. The Kier molecular flexibility index (Phi) is 5.92. The lowest BCUT2D eigenvalue weighted by Crippen LogP contribution is -2.41. The van der Waals surface area contributed by atoms with Crippen molar-refractivity contribution in [2.75, 3.05) is 24.6 Å². The van der Waals surface area contributed by atoms with Crippen molar-refractivity contribution in [2.45, 2.75) is 64.8 Å². The second kappa shape index (κ2) is 8.19. The summed E-state index contributed by atoms with van der Waals surface area (Å²) in [5.74, 6) is 1.29. The summed E-state index contributed by atoms with van der Waals surface area (Å²) in [6.45, 7) is 7.55. The van der Waals surface area contributed by atoms with Crippen molar-refractivity contribution < 1.29 is 19.4 Å². The molecule has 6 heteroatoms. The van der Waals surface area contributed by atoms with Crippen LogP contribution in [-0.4, -0.2) is 47.7 Å². The Morgan fingerprint density at radius 2 is 1.93 bits per heavy atom. The molecule has 1 fully saturated rings. The van der Waals surface area contributed by atoms with Crippen molar-refractivity contribution in [3.05, 3.63) is 23.3 Å². The minimum Gasteiger partial charge on any atom is -0.493 e. The number of benzene rings is 1. The van der Waals surface area contributed by atoms with E-state index in [4.69, 9.17) is 4.74 Å². The topological polar surface area (TPSA) is 70.1 Å². The van der Waals surface area contributed by atoms with Crippen molar-refractivity contribution in [1.82, 2.24) is 4.90 Å². The number of fused-ring (bicyclic) bond motifs is 1. The standard InChI is InChI=1S/C21H30N2O4/c1-4-13-27-20-17(16-9-11-22(12-10-16)21(25)26)7-8-19-18(20)6-5-14(2)23(19)15(3)24/h7-8,14,16H,4-6,9-13H2,1-3H3,(H,25,26). The number of nitrogens with zero attached hydrogens (tertiary/aromatic N) is 2. The molecule has 6 nitrogen and oxygen atoms in total. The molecule has 27 heavy (non-hydrogen) atoms. The van der Waals surface area contributed by atoms with Crippen LogP contribution in [0, 0.1) is 0 Å². The highest BCUT2D eigenvalue weighted by Gasteiger charge is 2.32. The minimum atomic E-state index is -0.840. The summed E-state index contributed by atoms with van der Waals surface area (Å²) in [4.78, 5) is 26.8. The van der Waals surface area contributed by atoms with E-state index in [0.717, 1.165) is 49.1 Å². The van der Waals surface area contributed by atoms with Crippen molar-refractivity contribution in [3.8, 4) is 5.75 Å². The molecule has 2 aliphatic rings. The molecule has 2 heterocycles. The molecular weight excluding hydrogens is 344 g/mol. The van der Waals surface area contributed by atoms with E-state index in [1.165, 1.54) is 10.5 Å². The normalized spacial score (nSPS) is 20.3. The predicted octanol–water partition coefficient (Wildman–Crippen LogP) is 4.02. The number of likely N-dealkylation sites (tertiary alicyclic amines) is 1. The molecule has 2 aliphatic heterocycles. The molecule has 1 atom stereocenters. The van der Waals surface area contributed by atoms with Gasteiger partial charge in [-0.2, -0.15) is 0 Å². The molecule has 0 bridgehead atoms. The maximum Gasteiger partial charge on any atom is 0.407 e. The number of carbonyl (C=O) groups excluding carboxylic acids is 1. The Bertz CT molecular complexity index is 710. The zero-order chi connectivity index (χ0) is 19.6. The number of carbonyl (C=O) groups is 2. The van der Waals surface area contributed by atoms with Crippen molar-refractivity contribution in [2.24, 2.45) is 0 Å². The number of amides is 2. The number of hydrogen-bond acceptors (Lipinski definition) is 3. The number of ether oxygens (including phenoxy) is 1. The summed E-state index contributed by atoms with van der Waals surface area (Å²) in [7, 11) is 0. The van der Waals surface area contributed by atoms with Crippen molar-refractivity contribution >= 4 is 17.7 Å². The second-order valence-electron chi connectivity index (χ2n) is 7.65. The average Bonchev–Trinajstić information content (AvgIpc) is 2.65. The number of anilines is 1. The lowest BCUT2D eigenvalue weighted by Gasteiger charge is -2.37. The van der Waals surface area contributed by atoms with E-state index in [1.54, 1.807) is 6.92 Å². The SMILES string of the molecule is CCCOc1c(C2CCN(C(=O)O)CC2)ccc2c1CCC(C)N2C(C)=O. The molecule has 0 aromatic heterocycles. The monoisotopic (exact) mass is 374 g/mol. The van der Waals surface area contributed by atoms with Crippen molar-refractivity contribution in [1.29, 1.82) is 0 Å². The maximum absolute atomic E-state index is 12.2. The fourth-order valence-electron chi connectivity index (χ4n) is 4.38. The van der Waals surface area contributed by atoms with Crippen molar-refractivity contribution in [3.63, 3.8) is 0 Å². The van der Waals surface area contributed by atoms with Gasteiger partial charge in [0, 0.05) is 31.6 Å². The molecule has 3 rings (SSSR count). The molecule has 0 spiro atoms. The Labute approximate surface area is 161 Å². The Balaban J connectivity index is 1.95. The van der Waals surface area contributed by atoms with E-state index in [-0.39, 0.29) is 11.9 Å². The molecule has 1 aromatic carbocycles. The van der Waals surface area contributed by atoms with E-state index in [2.05, 4.69) is 26.0 Å². The number of rotatable bonds is 4. The van der Waals surface area contributed by atoms with Gasteiger partial charge in [-0.05, 0) is 56.6 Å². The summed E-state index contributed by atoms with van der Waals surface area (Å²) in [6.07, 6.45) is 3.53. The van der Waals surface area contributed by atoms with Crippen LogP contribution in [0.15, 0.2) is 12.1 Å². The van der Waals surface area contributed by atoms with Crippen LogP contribution in [0.5, 0.6) is 5.75 Å². The number of carboxylic acid groups (broad SMARTS) is 1. The first kappa shape index (κ1) is 19.5. The molecule has 148 valence electrons. The minimum absolute atomic E-state index is 0.0624. The predicted molar refractivity (Wildman–Crippen MR) is 105 cm³/mol. The van der Waals surface area contributed by atoms with E-state index >= 15 is 0 Å². The van der Waals surface area contributed by atoms with Crippen LogP contribution in [0.1, 0.15) is 63.5 Å². The van der Waals surface area contributed by atoms with Crippen LogP contribution in [0.3, 0.4) is 0 Å². The summed E-state index contributed by atoms with van der Waals surface area (Å²) < 4.78 is 6.21. The fourth-order valence-corrected chi connectivity index (χ4v) is 4.38. The van der Waals surface area contributed by atoms with E-state index in [0.29, 0.717) is 25.6 Å². The first-order chi connectivity index (χ1) is 12.9. The lowest BCUT2D eigenvalue weighted by atomic mass is 9.85. The average molecular weight is 374 g/mol. The molecular formula is C21H30N2O4. The van der Waals surface area contributed by atoms with Gasteiger partial charge in [0.15, 0.2) is 0 Å². The van der Waals surface area contributed by atoms with E-state index in [1.807, 2.05) is 4.90 Å². The van der Waals surface area contributed by atoms with Crippen LogP contribution in [0.2, 0.25) is 0 Å². The van der Waals surface area contributed by atoms with E-state index < -0.39 is 6.09 Å². The Morgan fingerprint density at radius 1 is 1.22 bits per heavy atom. The summed E-state index contributed by atoms with van der Waals surface area (Å²) in [5.41, 5.74) is 3.28. The molecule has 1 N–H and O–H groups in total. The molecule has 0 aliphatic carbocycles. The maximum atomic E-state index is 12.2. The van der Waals surface area contributed by atoms with Gasteiger partial charge in [0.1, 0.15) is 5.75 Å². The number of piperidine rings is 1. The van der Waals surface area contributed by atoms with Gasteiger partial charge in [0.2, 0.25) is 5.91 Å². The Morgan fingerprint density at radius 3 is 2.52 bits per heavy atom. The summed E-state index contributed by atoms with van der Waals surface area (Å²) in [6, 6.07) is 4.35. The van der Waals surface area contributed by atoms with Crippen LogP contribution < -0.4 is 9.64 Å². The zero-order valence-electron chi connectivity index (χ0n) is 16.5.